The van der Waals surface area contributed by atoms with Crippen LogP contribution in [0.3, 0.4) is 0 Å². The predicted octanol–water partition coefficient (Wildman–Crippen LogP) is 23.6. The topological polar surface area (TPSA) is 78.9 Å². The van der Waals surface area contributed by atoms with Crippen molar-refractivity contribution in [3.63, 3.8) is 0 Å². The molecule has 0 fully saturated rings. The van der Waals surface area contributed by atoms with Gasteiger partial charge in [-0.25, -0.2) is 0 Å². The number of ether oxygens (including phenoxy) is 3. The van der Waals surface area contributed by atoms with E-state index >= 15 is 0 Å². The highest BCUT2D eigenvalue weighted by molar-refractivity contribution is 5.71. The van der Waals surface area contributed by atoms with Crippen LogP contribution in [0.15, 0.2) is 122 Å². The van der Waals surface area contributed by atoms with Gasteiger partial charge < -0.3 is 14.2 Å². The van der Waals surface area contributed by atoms with E-state index in [0.717, 1.165) is 148 Å². The van der Waals surface area contributed by atoms with Gasteiger partial charge in [0.1, 0.15) is 13.2 Å². The average molecular weight is 1120 g/mol. The summed E-state index contributed by atoms with van der Waals surface area (Å²) >= 11 is 0. The number of unbranched alkanes of at least 4 members (excludes halogenated alkanes) is 30. The zero-order valence-corrected chi connectivity index (χ0v) is 53.0. The summed E-state index contributed by atoms with van der Waals surface area (Å²) in [6.45, 7) is 6.40. The van der Waals surface area contributed by atoms with Crippen LogP contribution in [0, 0.1) is 0 Å². The maximum atomic E-state index is 12.9. The Hall–Kier alpha value is -4.19. The van der Waals surface area contributed by atoms with Crippen LogP contribution in [0.25, 0.3) is 0 Å². The van der Waals surface area contributed by atoms with Gasteiger partial charge in [-0.05, 0) is 109 Å². The first-order valence-corrected chi connectivity index (χ1v) is 34.0. The molecule has 6 heteroatoms. The monoisotopic (exact) mass is 1120 g/mol. The van der Waals surface area contributed by atoms with Crippen LogP contribution in [-0.4, -0.2) is 37.2 Å². The zero-order valence-electron chi connectivity index (χ0n) is 53.0. The molecule has 1 unspecified atom stereocenters. The molecule has 0 radical (unpaired) electrons. The minimum atomic E-state index is -0.802. The van der Waals surface area contributed by atoms with Gasteiger partial charge in [0.2, 0.25) is 0 Å². The summed E-state index contributed by atoms with van der Waals surface area (Å²) in [6.07, 6.45) is 95.1. The van der Waals surface area contributed by atoms with Gasteiger partial charge in [-0.3, -0.25) is 14.4 Å². The standard InChI is InChI=1S/C75H126O6/c1-4-7-10-13-16-19-22-25-27-29-31-33-35-36-37-38-40-41-43-45-47-50-53-56-59-62-65-68-74(77)80-71-72(70-79-73(76)67-64-61-58-55-52-49-24-21-18-15-12-9-6-3)81-75(78)69-66-63-60-57-54-51-48-46-44-42-39-34-32-30-28-26-23-20-17-14-11-8-5-2/h7,9-10,12,16,18-19,21,25,27,31,33,36-37,40-41,45,47,49,52,72H,4-6,8,11,13-15,17,20,22-24,26,28-30,32,34-35,38-39,42-44,46,48,50-51,53-71H2,1-3H3/b10-7-,12-9-,19-16-,21-18-,27-25-,33-31-,37-36-,41-40-,47-45-,52-49-. The van der Waals surface area contributed by atoms with E-state index in [0.29, 0.717) is 19.3 Å². The lowest BCUT2D eigenvalue weighted by Gasteiger charge is -2.18. The van der Waals surface area contributed by atoms with Crippen molar-refractivity contribution in [1.29, 1.82) is 0 Å². The summed E-state index contributed by atoms with van der Waals surface area (Å²) in [7, 11) is 0. The third-order valence-electron chi connectivity index (χ3n) is 14.5. The molecule has 0 saturated carbocycles. The summed E-state index contributed by atoms with van der Waals surface area (Å²) in [5.41, 5.74) is 0. The summed E-state index contributed by atoms with van der Waals surface area (Å²) in [5, 5.41) is 0. The van der Waals surface area contributed by atoms with Crippen molar-refractivity contribution in [2.75, 3.05) is 13.2 Å². The van der Waals surface area contributed by atoms with Gasteiger partial charge >= 0.3 is 17.9 Å². The van der Waals surface area contributed by atoms with Crippen molar-refractivity contribution in [2.45, 2.75) is 322 Å². The average Bonchev–Trinajstić information content (AvgIpc) is 3.46. The first kappa shape index (κ1) is 76.8. The van der Waals surface area contributed by atoms with E-state index < -0.39 is 6.10 Å². The molecule has 0 aromatic rings. The zero-order chi connectivity index (χ0) is 58.5. The van der Waals surface area contributed by atoms with Crippen LogP contribution in [0.5, 0.6) is 0 Å². The quantitative estimate of drug-likeness (QED) is 0.0261. The Bertz CT molecular complexity index is 1670. The molecule has 0 N–H and O–H groups in total. The first-order chi connectivity index (χ1) is 40.0. The fourth-order valence-corrected chi connectivity index (χ4v) is 9.44. The van der Waals surface area contributed by atoms with E-state index in [1.54, 1.807) is 0 Å². The first-order valence-electron chi connectivity index (χ1n) is 34.0. The van der Waals surface area contributed by atoms with E-state index in [4.69, 9.17) is 14.2 Å². The second-order valence-corrected chi connectivity index (χ2v) is 22.3. The Balaban J connectivity index is 4.36. The molecule has 0 aliphatic rings. The fourth-order valence-electron chi connectivity index (χ4n) is 9.44. The largest absolute Gasteiger partial charge is 0.462 e. The highest BCUT2D eigenvalue weighted by Crippen LogP contribution is 2.17. The summed E-state index contributed by atoms with van der Waals surface area (Å²) in [6, 6.07) is 0. The minimum Gasteiger partial charge on any atom is -0.462 e. The molecule has 0 saturated heterocycles. The highest BCUT2D eigenvalue weighted by atomic mass is 16.6. The van der Waals surface area contributed by atoms with Gasteiger partial charge in [0, 0.05) is 19.3 Å². The molecule has 462 valence electrons. The third kappa shape index (κ3) is 66.5. The number of carbonyl (C=O) groups excluding carboxylic acids is 3. The number of hydrogen-bond donors (Lipinski definition) is 0. The smallest absolute Gasteiger partial charge is 0.306 e. The predicted molar refractivity (Wildman–Crippen MR) is 353 cm³/mol. The van der Waals surface area contributed by atoms with Crippen molar-refractivity contribution in [1.82, 2.24) is 0 Å². The third-order valence-corrected chi connectivity index (χ3v) is 14.5. The molecule has 0 spiro atoms. The number of esters is 3. The number of hydrogen-bond acceptors (Lipinski definition) is 6. The Kier molecular flexibility index (Phi) is 64.8. The van der Waals surface area contributed by atoms with Gasteiger partial charge in [0.05, 0.1) is 0 Å². The van der Waals surface area contributed by atoms with Crippen molar-refractivity contribution >= 4 is 17.9 Å². The highest BCUT2D eigenvalue weighted by Gasteiger charge is 2.19. The molecule has 0 aromatic heterocycles. The molecule has 0 aliphatic heterocycles. The van der Waals surface area contributed by atoms with Crippen LogP contribution < -0.4 is 0 Å². The minimum absolute atomic E-state index is 0.0981. The van der Waals surface area contributed by atoms with Crippen LogP contribution in [0.4, 0.5) is 0 Å². The number of carbonyl (C=O) groups is 3. The lowest BCUT2D eigenvalue weighted by Crippen LogP contribution is -2.30. The molecule has 0 rings (SSSR count). The molecule has 0 aromatic carbocycles. The molecule has 0 bridgehead atoms. The molecule has 6 nitrogen and oxygen atoms in total. The Morgan fingerprint density at radius 2 is 0.481 bits per heavy atom. The normalized spacial score (nSPS) is 12.9. The number of rotatable bonds is 61. The lowest BCUT2D eigenvalue weighted by atomic mass is 10.0. The van der Waals surface area contributed by atoms with E-state index in [2.05, 4.69) is 142 Å². The SMILES string of the molecule is CC/C=C\C/C=C\C/C=C\C/C=C\C/C=C\C/C=C\C/C=C\CCCCCCCC(=O)OCC(COC(=O)CCCCC/C=C\C/C=C\C/C=C\CC)OC(=O)CCCCCCCCCCCCCCCCCCCCCCCCC. The summed E-state index contributed by atoms with van der Waals surface area (Å²) in [5.74, 6) is -0.935. The van der Waals surface area contributed by atoms with E-state index in [1.165, 1.54) is 128 Å². The van der Waals surface area contributed by atoms with Crippen LogP contribution in [0.2, 0.25) is 0 Å². The van der Waals surface area contributed by atoms with Crippen molar-refractivity contribution in [2.24, 2.45) is 0 Å². The van der Waals surface area contributed by atoms with Gasteiger partial charge in [-0.2, -0.15) is 0 Å². The maximum absolute atomic E-state index is 12.9. The Labute approximate surface area is 501 Å². The van der Waals surface area contributed by atoms with Gasteiger partial charge in [-0.15, -0.1) is 0 Å². The lowest BCUT2D eigenvalue weighted by molar-refractivity contribution is -0.167. The van der Waals surface area contributed by atoms with Crippen LogP contribution in [-0.2, 0) is 28.6 Å². The second kappa shape index (κ2) is 68.3. The molecule has 0 heterocycles. The molecule has 81 heavy (non-hydrogen) atoms. The summed E-state index contributed by atoms with van der Waals surface area (Å²) in [4.78, 5) is 38.4. The molecule has 1 atom stereocenters. The van der Waals surface area contributed by atoms with Gasteiger partial charge in [0.25, 0.3) is 0 Å². The van der Waals surface area contributed by atoms with E-state index in [9.17, 15) is 14.4 Å². The van der Waals surface area contributed by atoms with Crippen LogP contribution in [0.1, 0.15) is 316 Å². The summed E-state index contributed by atoms with van der Waals surface area (Å²) < 4.78 is 16.9. The van der Waals surface area contributed by atoms with Crippen molar-refractivity contribution in [3.05, 3.63) is 122 Å². The second-order valence-electron chi connectivity index (χ2n) is 22.3. The van der Waals surface area contributed by atoms with Gasteiger partial charge in [0.15, 0.2) is 6.10 Å². The Morgan fingerprint density at radius 1 is 0.259 bits per heavy atom. The van der Waals surface area contributed by atoms with E-state index in [1.807, 2.05) is 0 Å². The molecule has 0 amide bonds. The van der Waals surface area contributed by atoms with Gasteiger partial charge in [-0.1, -0.05) is 309 Å². The molecular formula is C75H126O6. The van der Waals surface area contributed by atoms with Crippen molar-refractivity contribution < 1.29 is 28.6 Å². The maximum Gasteiger partial charge on any atom is 0.306 e. The molecule has 0 aliphatic carbocycles. The Morgan fingerprint density at radius 3 is 0.765 bits per heavy atom. The number of allylic oxidation sites excluding steroid dienone is 20. The van der Waals surface area contributed by atoms with Crippen molar-refractivity contribution in [3.8, 4) is 0 Å². The van der Waals surface area contributed by atoms with E-state index in [-0.39, 0.29) is 31.1 Å². The molecular weight excluding hydrogens is 997 g/mol. The fraction of sp³-hybridized carbons (Fsp3) is 0.693. The van der Waals surface area contributed by atoms with Crippen LogP contribution >= 0.6 is 0 Å².